The van der Waals surface area contributed by atoms with E-state index >= 15 is 0 Å². The van der Waals surface area contributed by atoms with E-state index in [0.717, 1.165) is 0 Å². The van der Waals surface area contributed by atoms with Crippen LogP contribution < -0.4 is 0 Å². The molecule has 0 heterocycles. The van der Waals surface area contributed by atoms with Gasteiger partial charge in [0.1, 0.15) is 0 Å². The van der Waals surface area contributed by atoms with Crippen LogP contribution in [0.25, 0.3) is 0 Å². The summed E-state index contributed by atoms with van der Waals surface area (Å²) in [6.07, 6.45) is 5.41. The first kappa shape index (κ1) is 9.30. The topological polar surface area (TPSA) is 26.3 Å². The van der Waals surface area contributed by atoms with Crippen LogP contribution in [-0.4, -0.2) is 12.6 Å². The first-order valence-electron chi connectivity index (χ1n) is 4.59. The van der Waals surface area contributed by atoms with Crippen LogP contribution in [0, 0.1) is 5.92 Å². The van der Waals surface area contributed by atoms with Crippen LogP contribution in [0.3, 0.4) is 0 Å². The van der Waals surface area contributed by atoms with Gasteiger partial charge in [-0.3, -0.25) is 0 Å². The lowest BCUT2D eigenvalue weighted by Crippen LogP contribution is -2.13. The molecule has 0 saturated heterocycles. The van der Waals surface area contributed by atoms with Gasteiger partial charge >= 0.3 is 5.97 Å². The molecule has 0 aliphatic heterocycles. The molecule has 0 bridgehead atoms. The lowest BCUT2D eigenvalue weighted by atomic mass is 9.80. The van der Waals surface area contributed by atoms with Crippen molar-refractivity contribution >= 4 is 5.97 Å². The smallest absolute Gasteiger partial charge is 0.330 e. The molecule has 1 aliphatic rings. The van der Waals surface area contributed by atoms with Crippen molar-refractivity contribution in [1.29, 1.82) is 0 Å². The van der Waals surface area contributed by atoms with Gasteiger partial charge in [-0.1, -0.05) is 12.0 Å². The van der Waals surface area contributed by atoms with E-state index < -0.39 is 0 Å². The highest BCUT2D eigenvalue weighted by Crippen LogP contribution is 2.32. The monoisotopic (exact) mass is 168 g/mol. The number of allylic oxidation sites excluding steroid dienone is 1. The van der Waals surface area contributed by atoms with Crippen LogP contribution in [0.1, 0.15) is 33.1 Å². The maximum atomic E-state index is 11.0. The van der Waals surface area contributed by atoms with Gasteiger partial charge in [0.2, 0.25) is 0 Å². The maximum absolute atomic E-state index is 11.0. The maximum Gasteiger partial charge on any atom is 0.330 e. The van der Waals surface area contributed by atoms with E-state index in [1.54, 1.807) is 6.08 Å². The molecule has 1 saturated carbocycles. The van der Waals surface area contributed by atoms with Crippen LogP contribution in [0.4, 0.5) is 0 Å². The molecule has 1 fully saturated rings. The first-order chi connectivity index (χ1) is 5.74. The van der Waals surface area contributed by atoms with Crippen molar-refractivity contribution in [3.05, 3.63) is 11.6 Å². The Hall–Kier alpha value is -0.790. The summed E-state index contributed by atoms with van der Waals surface area (Å²) in [5.41, 5.74) is 1.18. The van der Waals surface area contributed by atoms with Crippen molar-refractivity contribution in [1.82, 2.24) is 0 Å². The number of hydrogen-bond donors (Lipinski definition) is 0. The highest BCUT2D eigenvalue weighted by atomic mass is 16.5. The fraction of sp³-hybridized carbons (Fsp3) is 0.700. The summed E-state index contributed by atoms with van der Waals surface area (Å²) in [7, 11) is 0. The van der Waals surface area contributed by atoms with Gasteiger partial charge in [0.05, 0.1) is 6.61 Å². The summed E-state index contributed by atoms with van der Waals surface area (Å²) in [6.45, 7) is 4.30. The third-order valence-corrected chi connectivity index (χ3v) is 2.38. The number of ether oxygens (including phenoxy) is 1. The van der Waals surface area contributed by atoms with E-state index in [0.29, 0.717) is 12.5 Å². The van der Waals surface area contributed by atoms with Gasteiger partial charge in [-0.15, -0.1) is 0 Å². The molecule has 0 amide bonds. The van der Waals surface area contributed by atoms with Crippen LogP contribution in [0.2, 0.25) is 0 Å². The second kappa shape index (κ2) is 4.29. The summed E-state index contributed by atoms with van der Waals surface area (Å²) in [5.74, 6) is 0.455. The van der Waals surface area contributed by atoms with Crippen LogP contribution in [0.15, 0.2) is 11.6 Å². The van der Waals surface area contributed by atoms with E-state index in [9.17, 15) is 4.79 Å². The van der Waals surface area contributed by atoms with Crippen LogP contribution in [-0.2, 0) is 9.53 Å². The van der Waals surface area contributed by atoms with Gasteiger partial charge in [0.15, 0.2) is 0 Å². The number of hydrogen-bond acceptors (Lipinski definition) is 2. The highest BCUT2D eigenvalue weighted by Gasteiger charge is 2.19. The molecule has 0 radical (unpaired) electrons. The Labute approximate surface area is 73.6 Å². The molecule has 68 valence electrons. The molecule has 0 N–H and O–H groups in total. The molecular weight excluding hydrogens is 152 g/mol. The van der Waals surface area contributed by atoms with Gasteiger partial charge in [-0.05, 0) is 32.6 Å². The van der Waals surface area contributed by atoms with Crippen molar-refractivity contribution in [2.24, 2.45) is 5.92 Å². The molecule has 0 unspecified atom stereocenters. The van der Waals surface area contributed by atoms with Crippen LogP contribution in [0.5, 0.6) is 0 Å². The van der Waals surface area contributed by atoms with E-state index in [1.165, 1.54) is 24.8 Å². The van der Waals surface area contributed by atoms with Crippen molar-refractivity contribution in [3.8, 4) is 0 Å². The SMILES string of the molecule is CCOC(=O)/C=C(\C)C1CCC1. The van der Waals surface area contributed by atoms with E-state index in [4.69, 9.17) is 4.74 Å². The lowest BCUT2D eigenvalue weighted by Gasteiger charge is -2.25. The Morgan fingerprint density at radius 3 is 2.67 bits per heavy atom. The third kappa shape index (κ3) is 2.36. The number of esters is 1. The van der Waals surface area contributed by atoms with Gasteiger partial charge in [-0.2, -0.15) is 0 Å². The van der Waals surface area contributed by atoms with Gasteiger partial charge < -0.3 is 4.74 Å². The minimum absolute atomic E-state index is 0.193. The Morgan fingerprint density at radius 1 is 1.58 bits per heavy atom. The second-order valence-corrected chi connectivity index (χ2v) is 3.27. The van der Waals surface area contributed by atoms with Crippen molar-refractivity contribution in [2.75, 3.05) is 6.61 Å². The van der Waals surface area contributed by atoms with Crippen molar-refractivity contribution < 1.29 is 9.53 Å². The largest absolute Gasteiger partial charge is 0.463 e. The fourth-order valence-corrected chi connectivity index (χ4v) is 1.35. The van der Waals surface area contributed by atoms with E-state index in [2.05, 4.69) is 0 Å². The molecule has 0 aromatic rings. The molecule has 0 aromatic carbocycles. The standard InChI is InChI=1S/C10H16O2/c1-3-12-10(11)7-8(2)9-5-4-6-9/h7,9H,3-6H2,1-2H3/b8-7+. The Balaban J connectivity index is 2.37. The number of rotatable bonds is 3. The average molecular weight is 168 g/mol. The molecular formula is C10H16O2. The molecule has 1 rings (SSSR count). The molecule has 2 heteroatoms. The Bertz CT molecular complexity index is 190. The van der Waals surface area contributed by atoms with Gasteiger partial charge in [0, 0.05) is 6.08 Å². The summed E-state index contributed by atoms with van der Waals surface area (Å²) >= 11 is 0. The molecule has 2 nitrogen and oxygen atoms in total. The normalized spacial score (nSPS) is 18.7. The average Bonchev–Trinajstić information content (AvgIpc) is 1.82. The summed E-state index contributed by atoms with van der Waals surface area (Å²) in [5, 5.41) is 0. The van der Waals surface area contributed by atoms with Crippen molar-refractivity contribution in [3.63, 3.8) is 0 Å². The van der Waals surface area contributed by atoms with Gasteiger partial charge in [-0.25, -0.2) is 4.79 Å². The molecule has 0 atom stereocenters. The predicted octanol–water partition coefficient (Wildman–Crippen LogP) is 2.30. The molecule has 12 heavy (non-hydrogen) atoms. The van der Waals surface area contributed by atoms with Crippen LogP contribution >= 0.6 is 0 Å². The second-order valence-electron chi connectivity index (χ2n) is 3.27. The number of carbonyl (C=O) groups excluding carboxylic acids is 1. The minimum atomic E-state index is -0.193. The quantitative estimate of drug-likeness (QED) is 0.477. The summed E-state index contributed by atoms with van der Waals surface area (Å²) < 4.78 is 4.82. The molecule has 0 aromatic heterocycles. The van der Waals surface area contributed by atoms with E-state index in [1.807, 2.05) is 13.8 Å². The van der Waals surface area contributed by atoms with Crippen molar-refractivity contribution in [2.45, 2.75) is 33.1 Å². The summed E-state index contributed by atoms with van der Waals surface area (Å²) in [6, 6.07) is 0. The van der Waals surface area contributed by atoms with Gasteiger partial charge in [0.25, 0.3) is 0 Å². The number of carbonyl (C=O) groups is 1. The summed E-state index contributed by atoms with van der Waals surface area (Å²) in [4.78, 5) is 11.0. The third-order valence-electron chi connectivity index (χ3n) is 2.38. The fourth-order valence-electron chi connectivity index (χ4n) is 1.35. The Morgan fingerprint density at radius 2 is 2.25 bits per heavy atom. The first-order valence-corrected chi connectivity index (χ1v) is 4.59. The Kier molecular flexibility index (Phi) is 3.32. The lowest BCUT2D eigenvalue weighted by molar-refractivity contribution is -0.137. The minimum Gasteiger partial charge on any atom is -0.463 e. The predicted molar refractivity (Wildman–Crippen MR) is 47.7 cm³/mol. The zero-order valence-electron chi connectivity index (χ0n) is 7.80. The molecule has 1 aliphatic carbocycles. The zero-order valence-corrected chi connectivity index (χ0v) is 7.80. The highest BCUT2D eigenvalue weighted by molar-refractivity contribution is 5.82. The molecule has 0 spiro atoms. The zero-order chi connectivity index (χ0) is 8.97. The van der Waals surface area contributed by atoms with E-state index in [-0.39, 0.29) is 5.97 Å².